The molecule has 0 aliphatic rings. The van der Waals surface area contributed by atoms with Gasteiger partial charge < -0.3 is 20.9 Å². The Hall–Kier alpha value is -1.14. The number of nitrogens with two attached hydrogens (primary N) is 1. The summed E-state index contributed by atoms with van der Waals surface area (Å²) >= 11 is 0. The Kier molecular flexibility index (Phi) is 10.0. The first-order valence-electron chi connectivity index (χ1n) is 7.11. The lowest BCUT2D eigenvalue weighted by Gasteiger charge is -2.19. The van der Waals surface area contributed by atoms with Crippen LogP contribution in [0.5, 0.6) is 0 Å². The summed E-state index contributed by atoms with van der Waals surface area (Å²) in [7, 11) is 1.56. The second-order valence-corrected chi connectivity index (χ2v) is 5.53. The number of methoxy groups -OCH3 is 1. The summed E-state index contributed by atoms with van der Waals surface area (Å²) in [4.78, 5) is 23.0. The van der Waals surface area contributed by atoms with Crippen LogP contribution in [0.25, 0.3) is 0 Å². The zero-order valence-electron chi connectivity index (χ0n) is 12.7. The van der Waals surface area contributed by atoms with Gasteiger partial charge in [-0.1, -0.05) is 13.8 Å². The van der Waals surface area contributed by atoms with E-state index < -0.39 is 12.0 Å². The number of carboxylic acid groups (broad SMARTS) is 1. The molecule has 0 heterocycles. The highest BCUT2D eigenvalue weighted by Gasteiger charge is 2.21. The SMILES string of the molecule is COCCCC(NC(=O)C[C@@H](CN)CC(C)C)C(=O)O. The van der Waals surface area contributed by atoms with Gasteiger partial charge in [0.25, 0.3) is 0 Å². The predicted molar refractivity (Wildman–Crippen MR) is 77.3 cm³/mol. The number of hydrogen-bond acceptors (Lipinski definition) is 4. The molecule has 0 aromatic rings. The first-order chi connectivity index (χ1) is 9.40. The molecule has 0 saturated carbocycles. The molecule has 6 heteroatoms. The van der Waals surface area contributed by atoms with Crippen molar-refractivity contribution in [2.45, 2.75) is 45.6 Å². The van der Waals surface area contributed by atoms with Gasteiger partial charge >= 0.3 is 5.97 Å². The van der Waals surface area contributed by atoms with Crippen molar-refractivity contribution in [3.8, 4) is 0 Å². The Labute approximate surface area is 121 Å². The highest BCUT2D eigenvalue weighted by Crippen LogP contribution is 2.14. The minimum atomic E-state index is -1.01. The first kappa shape index (κ1) is 18.9. The molecule has 0 rings (SSSR count). The summed E-state index contributed by atoms with van der Waals surface area (Å²) in [5, 5.41) is 11.6. The average Bonchev–Trinajstić information content (AvgIpc) is 2.36. The van der Waals surface area contributed by atoms with Crippen LogP contribution in [0, 0.1) is 11.8 Å². The van der Waals surface area contributed by atoms with Crippen molar-refractivity contribution in [1.82, 2.24) is 5.32 Å². The molecule has 118 valence electrons. The van der Waals surface area contributed by atoms with Gasteiger partial charge in [-0.3, -0.25) is 4.79 Å². The summed E-state index contributed by atoms with van der Waals surface area (Å²) in [6, 6.07) is -0.852. The van der Waals surface area contributed by atoms with Crippen LogP contribution in [-0.2, 0) is 14.3 Å². The topological polar surface area (TPSA) is 102 Å². The number of rotatable bonds is 11. The van der Waals surface area contributed by atoms with Crippen LogP contribution < -0.4 is 11.1 Å². The van der Waals surface area contributed by atoms with Crippen molar-refractivity contribution in [3.63, 3.8) is 0 Å². The number of carboxylic acids is 1. The van der Waals surface area contributed by atoms with E-state index in [9.17, 15) is 9.59 Å². The molecule has 1 unspecified atom stereocenters. The van der Waals surface area contributed by atoms with Crippen LogP contribution in [0.3, 0.4) is 0 Å². The maximum Gasteiger partial charge on any atom is 0.326 e. The number of carbonyl (C=O) groups excluding carboxylic acids is 1. The maximum absolute atomic E-state index is 11.9. The van der Waals surface area contributed by atoms with Gasteiger partial charge in [-0.25, -0.2) is 4.79 Å². The van der Waals surface area contributed by atoms with Crippen molar-refractivity contribution in [3.05, 3.63) is 0 Å². The van der Waals surface area contributed by atoms with Gasteiger partial charge in [0, 0.05) is 20.1 Å². The van der Waals surface area contributed by atoms with Crippen LogP contribution in [0.1, 0.15) is 39.5 Å². The Balaban J connectivity index is 4.26. The second-order valence-electron chi connectivity index (χ2n) is 5.53. The van der Waals surface area contributed by atoms with Crippen LogP contribution in [0.15, 0.2) is 0 Å². The largest absolute Gasteiger partial charge is 0.480 e. The minimum absolute atomic E-state index is 0.100. The van der Waals surface area contributed by atoms with Crippen molar-refractivity contribution >= 4 is 11.9 Å². The molecule has 20 heavy (non-hydrogen) atoms. The zero-order valence-corrected chi connectivity index (χ0v) is 12.7. The number of ether oxygens (including phenoxy) is 1. The van der Waals surface area contributed by atoms with E-state index in [2.05, 4.69) is 19.2 Å². The average molecular weight is 288 g/mol. The Morgan fingerprint density at radius 1 is 1.35 bits per heavy atom. The third kappa shape index (κ3) is 8.87. The number of aliphatic carboxylic acids is 1. The van der Waals surface area contributed by atoms with Crippen molar-refractivity contribution in [2.24, 2.45) is 17.6 Å². The fraction of sp³-hybridized carbons (Fsp3) is 0.857. The lowest BCUT2D eigenvalue weighted by atomic mass is 9.94. The summed E-state index contributed by atoms with van der Waals surface area (Å²) in [5.41, 5.74) is 5.65. The van der Waals surface area contributed by atoms with Crippen molar-refractivity contribution in [1.29, 1.82) is 0 Å². The molecule has 6 nitrogen and oxygen atoms in total. The molecule has 0 aliphatic heterocycles. The molecule has 1 amide bonds. The molecule has 0 fully saturated rings. The maximum atomic E-state index is 11.9. The summed E-state index contributed by atoms with van der Waals surface area (Å²) in [6.07, 6.45) is 2.11. The fourth-order valence-corrected chi connectivity index (χ4v) is 2.13. The van der Waals surface area contributed by atoms with Gasteiger partial charge in [0.15, 0.2) is 0 Å². The first-order valence-corrected chi connectivity index (χ1v) is 7.11. The predicted octanol–water partition coefficient (Wildman–Crippen LogP) is 0.994. The molecule has 0 aliphatic carbocycles. The van der Waals surface area contributed by atoms with E-state index in [4.69, 9.17) is 15.6 Å². The molecule has 0 bridgehead atoms. The van der Waals surface area contributed by atoms with E-state index in [1.165, 1.54) is 0 Å². The minimum Gasteiger partial charge on any atom is -0.480 e. The Morgan fingerprint density at radius 2 is 2.00 bits per heavy atom. The van der Waals surface area contributed by atoms with E-state index in [0.29, 0.717) is 31.9 Å². The van der Waals surface area contributed by atoms with Crippen LogP contribution in [0.4, 0.5) is 0 Å². The van der Waals surface area contributed by atoms with E-state index in [-0.39, 0.29) is 18.2 Å². The Bertz CT molecular complexity index is 295. The van der Waals surface area contributed by atoms with Crippen LogP contribution in [-0.4, -0.2) is 43.3 Å². The van der Waals surface area contributed by atoms with Gasteiger partial charge in [0.1, 0.15) is 6.04 Å². The summed E-state index contributed by atoms with van der Waals surface area (Å²) in [6.45, 7) is 5.07. The third-order valence-corrected chi connectivity index (χ3v) is 3.09. The molecule has 4 N–H and O–H groups in total. The Morgan fingerprint density at radius 3 is 2.45 bits per heavy atom. The summed E-state index contributed by atoms with van der Waals surface area (Å²) in [5.74, 6) is -0.690. The van der Waals surface area contributed by atoms with Gasteiger partial charge in [-0.05, 0) is 37.6 Å². The molecule has 2 atom stereocenters. The monoisotopic (exact) mass is 288 g/mol. The smallest absolute Gasteiger partial charge is 0.326 e. The van der Waals surface area contributed by atoms with E-state index in [1.807, 2.05) is 0 Å². The lowest BCUT2D eigenvalue weighted by Crippen LogP contribution is -2.42. The van der Waals surface area contributed by atoms with Crippen LogP contribution in [0.2, 0.25) is 0 Å². The van der Waals surface area contributed by atoms with Crippen molar-refractivity contribution < 1.29 is 19.4 Å². The van der Waals surface area contributed by atoms with Gasteiger partial charge in [-0.2, -0.15) is 0 Å². The van der Waals surface area contributed by atoms with Gasteiger partial charge in [-0.15, -0.1) is 0 Å². The van der Waals surface area contributed by atoms with Crippen molar-refractivity contribution in [2.75, 3.05) is 20.3 Å². The lowest BCUT2D eigenvalue weighted by molar-refractivity contribution is -0.142. The molecule has 0 saturated heterocycles. The van der Waals surface area contributed by atoms with E-state index in [1.54, 1.807) is 7.11 Å². The highest BCUT2D eigenvalue weighted by molar-refractivity contribution is 5.83. The molecular weight excluding hydrogens is 260 g/mol. The molecule has 0 radical (unpaired) electrons. The zero-order chi connectivity index (χ0) is 15.5. The fourth-order valence-electron chi connectivity index (χ4n) is 2.13. The highest BCUT2D eigenvalue weighted by atomic mass is 16.5. The number of hydrogen-bond donors (Lipinski definition) is 3. The van der Waals surface area contributed by atoms with E-state index >= 15 is 0 Å². The summed E-state index contributed by atoms with van der Waals surface area (Å²) < 4.78 is 4.88. The number of nitrogens with one attached hydrogen (secondary N) is 1. The van der Waals surface area contributed by atoms with E-state index in [0.717, 1.165) is 6.42 Å². The quantitative estimate of drug-likeness (QED) is 0.492. The standard InChI is InChI=1S/C14H28N2O4/c1-10(2)7-11(9-15)8-13(17)16-12(14(18)19)5-4-6-20-3/h10-12H,4-9,15H2,1-3H3,(H,16,17)(H,18,19)/t11-,12?/m0/s1. The van der Waals surface area contributed by atoms with Crippen LogP contribution >= 0.6 is 0 Å². The van der Waals surface area contributed by atoms with Gasteiger partial charge in [0.2, 0.25) is 5.91 Å². The normalized spacial score (nSPS) is 14.1. The third-order valence-electron chi connectivity index (χ3n) is 3.09. The molecule has 0 aromatic carbocycles. The number of amides is 1. The number of carbonyl (C=O) groups is 2. The molecule has 0 aromatic heterocycles. The second kappa shape index (κ2) is 10.6. The molecule has 0 spiro atoms. The molecular formula is C14H28N2O4. The van der Waals surface area contributed by atoms with Gasteiger partial charge in [0.05, 0.1) is 0 Å².